The summed E-state index contributed by atoms with van der Waals surface area (Å²) in [6.45, 7) is 3.90. The second kappa shape index (κ2) is 5.65. The van der Waals surface area contributed by atoms with E-state index in [0.29, 0.717) is 24.2 Å². The van der Waals surface area contributed by atoms with E-state index in [-0.39, 0.29) is 11.7 Å². The van der Waals surface area contributed by atoms with Gasteiger partial charge in [0.1, 0.15) is 5.75 Å². The van der Waals surface area contributed by atoms with Gasteiger partial charge in [0.05, 0.1) is 18.6 Å². The van der Waals surface area contributed by atoms with E-state index in [9.17, 15) is 14.7 Å². The second-order valence-electron chi connectivity index (χ2n) is 5.70. The molecule has 4 heteroatoms. The molecule has 2 rings (SSSR count). The van der Waals surface area contributed by atoms with Crippen molar-refractivity contribution in [1.82, 2.24) is 0 Å². The van der Waals surface area contributed by atoms with Crippen LogP contribution in [0.25, 0.3) is 0 Å². The summed E-state index contributed by atoms with van der Waals surface area (Å²) in [6, 6.07) is 5.42. The molecule has 0 radical (unpaired) electrons. The lowest BCUT2D eigenvalue weighted by molar-refractivity contribution is -0.142. The standard InChI is InChI=1S/C16H20O4/c1-9-4-5-14(20-3)13(6-9)15(17)11-7-10(2)8-12(11)16(18)19/h4-6,10-12H,7-8H2,1-3H3,(H,18,19). The quantitative estimate of drug-likeness (QED) is 0.859. The Hall–Kier alpha value is -1.84. The lowest BCUT2D eigenvalue weighted by Gasteiger charge is -2.16. The van der Waals surface area contributed by atoms with Crippen LogP contribution in [0.15, 0.2) is 18.2 Å². The van der Waals surface area contributed by atoms with Crippen molar-refractivity contribution in [3.63, 3.8) is 0 Å². The number of rotatable bonds is 4. The average molecular weight is 276 g/mol. The molecule has 1 aliphatic carbocycles. The zero-order chi connectivity index (χ0) is 14.9. The molecule has 108 valence electrons. The van der Waals surface area contributed by atoms with Crippen LogP contribution in [0.3, 0.4) is 0 Å². The van der Waals surface area contributed by atoms with Gasteiger partial charge in [0, 0.05) is 5.92 Å². The summed E-state index contributed by atoms with van der Waals surface area (Å²) >= 11 is 0. The third kappa shape index (κ3) is 2.69. The second-order valence-corrected chi connectivity index (χ2v) is 5.70. The minimum atomic E-state index is -0.876. The van der Waals surface area contributed by atoms with Crippen molar-refractivity contribution < 1.29 is 19.4 Å². The Kier molecular flexibility index (Phi) is 4.12. The van der Waals surface area contributed by atoms with Gasteiger partial charge in [-0.25, -0.2) is 0 Å². The Morgan fingerprint density at radius 2 is 1.90 bits per heavy atom. The Bertz CT molecular complexity index is 535. The summed E-state index contributed by atoms with van der Waals surface area (Å²) in [5.41, 5.74) is 1.46. The molecule has 0 aliphatic heterocycles. The molecular formula is C16H20O4. The van der Waals surface area contributed by atoms with Crippen molar-refractivity contribution in [1.29, 1.82) is 0 Å². The van der Waals surface area contributed by atoms with Gasteiger partial charge in [-0.3, -0.25) is 9.59 Å². The number of carboxylic acid groups (broad SMARTS) is 1. The SMILES string of the molecule is COc1ccc(C)cc1C(=O)C1CC(C)CC1C(=O)O. The third-order valence-corrected chi connectivity index (χ3v) is 4.07. The zero-order valence-corrected chi connectivity index (χ0v) is 12.1. The minimum Gasteiger partial charge on any atom is -0.496 e. The molecule has 0 aromatic heterocycles. The van der Waals surface area contributed by atoms with Crippen LogP contribution in [0.2, 0.25) is 0 Å². The average Bonchev–Trinajstić information content (AvgIpc) is 2.80. The van der Waals surface area contributed by atoms with Gasteiger partial charge in [0.2, 0.25) is 0 Å². The first-order chi connectivity index (χ1) is 9.43. The van der Waals surface area contributed by atoms with E-state index in [4.69, 9.17) is 4.74 Å². The number of carbonyl (C=O) groups is 2. The number of carbonyl (C=O) groups excluding carboxylic acids is 1. The fraction of sp³-hybridized carbons (Fsp3) is 0.500. The topological polar surface area (TPSA) is 63.6 Å². The number of hydrogen-bond donors (Lipinski definition) is 1. The Balaban J connectivity index is 2.35. The van der Waals surface area contributed by atoms with Crippen molar-refractivity contribution in [2.75, 3.05) is 7.11 Å². The normalized spacial score (nSPS) is 25.4. The van der Waals surface area contributed by atoms with Crippen LogP contribution in [0.5, 0.6) is 5.75 Å². The Labute approximate surface area is 118 Å². The number of ketones is 1. The number of methoxy groups -OCH3 is 1. The molecule has 1 aliphatic rings. The first-order valence-electron chi connectivity index (χ1n) is 6.85. The van der Waals surface area contributed by atoms with Crippen molar-refractivity contribution in [3.05, 3.63) is 29.3 Å². The van der Waals surface area contributed by atoms with Crippen LogP contribution in [0, 0.1) is 24.7 Å². The van der Waals surface area contributed by atoms with Gasteiger partial charge in [-0.1, -0.05) is 18.6 Å². The molecule has 4 nitrogen and oxygen atoms in total. The molecule has 0 amide bonds. The highest BCUT2D eigenvalue weighted by Crippen LogP contribution is 2.39. The maximum absolute atomic E-state index is 12.7. The number of aliphatic carboxylic acids is 1. The molecule has 1 fully saturated rings. The predicted molar refractivity (Wildman–Crippen MR) is 75.1 cm³/mol. The summed E-state index contributed by atoms with van der Waals surface area (Å²) in [7, 11) is 1.52. The maximum Gasteiger partial charge on any atom is 0.307 e. The number of Topliss-reactive ketones (excluding diaryl/α,β-unsaturated/α-hetero) is 1. The summed E-state index contributed by atoms with van der Waals surface area (Å²) in [6.07, 6.45) is 1.20. The smallest absolute Gasteiger partial charge is 0.307 e. The van der Waals surface area contributed by atoms with Crippen LogP contribution in [0.4, 0.5) is 0 Å². The van der Waals surface area contributed by atoms with Crippen molar-refractivity contribution in [3.8, 4) is 5.75 Å². The van der Waals surface area contributed by atoms with Crippen LogP contribution >= 0.6 is 0 Å². The number of benzene rings is 1. The maximum atomic E-state index is 12.7. The molecule has 1 aromatic rings. The predicted octanol–water partition coefficient (Wildman–Crippen LogP) is 2.93. The highest BCUT2D eigenvalue weighted by atomic mass is 16.5. The first-order valence-corrected chi connectivity index (χ1v) is 6.85. The number of hydrogen-bond acceptors (Lipinski definition) is 3. The van der Waals surface area contributed by atoms with Gasteiger partial charge in [-0.2, -0.15) is 0 Å². The van der Waals surface area contributed by atoms with Crippen LogP contribution in [-0.2, 0) is 4.79 Å². The molecule has 1 N–H and O–H groups in total. The molecule has 1 aromatic carbocycles. The Morgan fingerprint density at radius 1 is 1.25 bits per heavy atom. The zero-order valence-electron chi connectivity index (χ0n) is 12.1. The monoisotopic (exact) mass is 276 g/mol. The lowest BCUT2D eigenvalue weighted by atomic mass is 9.87. The van der Waals surface area contributed by atoms with Gasteiger partial charge >= 0.3 is 5.97 Å². The van der Waals surface area contributed by atoms with E-state index in [2.05, 4.69) is 0 Å². The molecule has 1 saturated carbocycles. The summed E-state index contributed by atoms with van der Waals surface area (Å²) in [5, 5.41) is 9.29. The number of aryl methyl sites for hydroxylation is 1. The van der Waals surface area contributed by atoms with Crippen LogP contribution in [0.1, 0.15) is 35.7 Å². The van der Waals surface area contributed by atoms with Crippen LogP contribution < -0.4 is 4.74 Å². The molecule has 0 heterocycles. The van der Waals surface area contributed by atoms with Crippen molar-refractivity contribution in [2.24, 2.45) is 17.8 Å². The van der Waals surface area contributed by atoms with Gasteiger partial charge in [0.25, 0.3) is 0 Å². The van der Waals surface area contributed by atoms with E-state index in [1.807, 2.05) is 19.9 Å². The molecular weight excluding hydrogens is 256 g/mol. The molecule has 3 atom stereocenters. The van der Waals surface area contributed by atoms with Gasteiger partial charge < -0.3 is 9.84 Å². The molecule has 0 saturated heterocycles. The van der Waals surface area contributed by atoms with E-state index < -0.39 is 17.8 Å². The van der Waals surface area contributed by atoms with Crippen molar-refractivity contribution in [2.45, 2.75) is 26.7 Å². The minimum absolute atomic E-state index is 0.109. The first kappa shape index (κ1) is 14.6. The van der Waals surface area contributed by atoms with E-state index >= 15 is 0 Å². The Morgan fingerprint density at radius 3 is 2.50 bits per heavy atom. The fourth-order valence-corrected chi connectivity index (χ4v) is 3.07. The lowest BCUT2D eigenvalue weighted by Crippen LogP contribution is -2.25. The molecule has 20 heavy (non-hydrogen) atoms. The molecule has 0 spiro atoms. The van der Waals surface area contributed by atoms with E-state index in [0.717, 1.165) is 5.56 Å². The summed E-state index contributed by atoms with van der Waals surface area (Å²) in [4.78, 5) is 24.0. The van der Waals surface area contributed by atoms with Gasteiger partial charge in [-0.15, -0.1) is 0 Å². The highest BCUT2D eigenvalue weighted by Gasteiger charge is 2.41. The van der Waals surface area contributed by atoms with Crippen molar-refractivity contribution >= 4 is 11.8 Å². The fourth-order valence-electron chi connectivity index (χ4n) is 3.07. The van der Waals surface area contributed by atoms with Gasteiger partial charge in [0.15, 0.2) is 5.78 Å². The molecule has 3 unspecified atom stereocenters. The summed E-state index contributed by atoms with van der Waals surface area (Å²) in [5.74, 6) is -1.23. The van der Waals surface area contributed by atoms with E-state index in [1.54, 1.807) is 12.1 Å². The largest absolute Gasteiger partial charge is 0.496 e. The highest BCUT2D eigenvalue weighted by molar-refractivity contribution is 6.02. The van der Waals surface area contributed by atoms with Crippen LogP contribution in [-0.4, -0.2) is 24.0 Å². The number of carboxylic acids is 1. The van der Waals surface area contributed by atoms with E-state index in [1.165, 1.54) is 7.11 Å². The third-order valence-electron chi connectivity index (χ3n) is 4.07. The number of ether oxygens (including phenoxy) is 1. The summed E-state index contributed by atoms with van der Waals surface area (Å²) < 4.78 is 5.24. The van der Waals surface area contributed by atoms with Gasteiger partial charge in [-0.05, 0) is 37.8 Å². The molecule has 0 bridgehead atoms.